The van der Waals surface area contributed by atoms with Gasteiger partial charge < -0.3 is 14.2 Å². The van der Waals surface area contributed by atoms with Crippen LogP contribution in [0.1, 0.15) is 38.5 Å². The molecule has 7 atom stereocenters. The molecular formula is C19H23F3O9S. The van der Waals surface area contributed by atoms with Crippen molar-refractivity contribution < 1.29 is 54.7 Å². The molecule has 0 aromatic carbocycles. The SMILES string of the molecule is O=C(OC1C2CC3C1OC(=O)C3C2C(=O)OCC(F)C(F)(F)S(=O)(=O)O)C1CCCCC1. The van der Waals surface area contributed by atoms with Crippen LogP contribution in [0.5, 0.6) is 0 Å². The fourth-order valence-electron chi connectivity index (χ4n) is 5.55. The standard InChI is InChI=1S/C19H23F3O9S/c20-11(19(21,22)32(26,27)28)7-29-17(24)12-9-6-10-13(12)18(25)31-15(10)14(9)30-16(23)8-4-2-1-3-5-8/h8-15H,1-7H2,(H,26,27,28). The zero-order valence-corrected chi connectivity index (χ0v) is 17.6. The van der Waals surface area contributed by atoms with Crippen molar-refractivity contribution in [3.8, 4) is 0 Å². The van der Waals surface area contributed by atoms with Gasteiger partial charge in [0.2, 0.25) is 6.17 Å². The number of hydrogen-bond donors (Lipinski definition) is 1. The van der Waals surface area contributed by atoms with Crippen LogP contribution in [0, 0.1) is 29.6 Å². The number of carbonyl (C=O) groups is 3. The van der Waals surface area contributed by atoms with Crippen molar-refractivity contribution in [3.63, 3.8) is 0 Å². The zero-order valence-electron chi connectivity index (χ0n) is 16.8. The molecule has 0 amide bonds. The van der Waals surface area contributed by atoms with E-state index in [0.717, 1.165) is 19.3 Å². The normalized spacial score (nSPS) is 35.4. The Morgan fingerprint density at radius 1 is 1.16 bits per heavy atom. The summed E-state index contributed by atoms with van der Waals surface area (Å²) in [5.41, 5.74) is 0. The Kier molecular flexibility index (Phi) is 5.93. The van der Waals surface area contributed by atoms with E-state index in [-0.39, 0.29) is 5.92 Å². The number of ether oxygens (including phenoxy) is 3. The Balaban J connectivity index is 1.44. The van der Waals surface area contributed by atoms with Gasteiger partial charge in [0.05, 0.1) is 17.8 Å². The summed E-state index contributed by atoms with van der Waals surface area (Å²) in [7, 11) is -6.06. The number of rotatable bonds is 7. The molecular weight excluding hydrogens is 461 g/mol. The fraction of sp³-hybridized carbons (Fsp3) is 0.842. The van der Waals surface area contributed by atoms with Gasteiger partial charge in [-0.3, -0.25) is 18.9 Å². The van der Waals surface area contributed by atoms with Crippen LogP contribution in [-0.4, -0.2) is 61.1 Å². The van der Waals surface area contributed by atoms with Gasteiger partial charge in [-0.15, -0.1) is 0 Å². The molecule has 4 rings (SSSR count). The zero-order chi connectivity index (χ0) is 23.4. The first-order valence-corrected chi connectivity index (χ1v) is 11.9. The van der Waals surface area contributed by atoms with Crippen LogP contribution in [-0.2, 0) is 38.7 Å². The quantitative estimate of drug-likeness (QED) is 0.325. The minimum absolute atomic E-state index is 0.281. The molecule has 4 fully saturated rings. The number of halogens is 3. The lowest BCUT2D eigenvalue weighted by molar-refractivity contribution is -0.171. The van der Waals surface area contributed by atoms with Crippen molar-refractivity contribution in [1.29, 1.82) is 0 Å². The van der Waals surface area contributed by atoms with E-state index in [9.17, 15) is 36.0 Å². The van der Waals surface area contributed by atoms with Crippen molar-refractivity contribution in [1.82, 2.24) is 0 Å². The molecule has 3 aliphatic carbocycles. The van der Waals surface area contributed by atoms with Gasteiger partial charge in [-0.05, 0) is 19.3 Å². The van der Waals surface area contributed by atoms with Crippen LogP contribution in [0.15, 0.2) is 0 Å². The maximum atomic E-state index is 13.7. The van der Waals surface area contributed by atoms with Crippen LogP contribution in [0.25, 0.3) is 0 Å². The van der Waals surface area contributed by atoms with Gasteiger partial charge >= 0.3 is 33.3 Å². The van der Waals surface area contributed by atoms with Crippen LogP contribution >= 0.6 is 0 Å². The minimum atomic E-state index is -6.06. The molecule has 1 saturated heterocycles. The van der Waals surface area contributed by atoms with E-state index in [0.29, 0.717) is 19.3 Å². The highest BCUT2D eigenvalue weighted by Gasteiger charge is 2.70. The van der Waals surface area contributed by atoms with Gasteiger partial charge in [0.15, 0.2) is 0 Å². The van der Waals surface area contributed by atoms with E-state index in [2.05, 4.69) is 4.74 Å². The molecule has 0 radical (unpaired) electrons. The van der Waals surface area contributed by atoms with Gasteiger partial charge in [0.25, 0.3) is 0 Å². The summed E-state index contributed by atoms with van der Waals surface area (Å²) in [4.78, 5) is 37.5. The van der Waals surface area contributed by atoms with Crippen LogP contribution in [0.4, 0.5) is 13.2 Å². The number of esters is 3. The first-order valence-electron chi connectivity index (χ1n) is 10.5. The molecule has 0 aromatic heterocycles. The van der Waals surface area contributed by atoms with Crippen molar-refractivity contribution in [2.75, 3.05) is 6.61 Å². The van der Waals surface area contributed by atoms with E-state index in [1.807, 2.05) is 0 Å². The first kappa shape index (κ1) is 23.3. The first-order chi connectivity index (χ1) is 14.9. The fourth-order valence-corrected chi connectivity index (χ4v) is 5.94. The number of alkyl halides is 3. The summed E-state index contributed by atoms with van der Waals surface area (Å²) in [5, 5.41) is -5.17. The largest absolute Gasteiger partial charge is 0.462 e. The second-order valence-electron chi connectivity index (χ2n) is 8.89. The molecule has 3 saturated carbocycles. The summed E-state index contributed by atoms with van der Waals surface area (Å²) in [6.07, 6.45) is -0.625. The molecule has 2 bridgehead atoms. The van der Waals surface area contributed by atoms with E-state index in [1.165, 1.54) is 0 Å². The third kappa shape index (κ3) is 3.76. The molecule has 1 N–H and O–H groups in total. The highest BCUT2D eigenvalue weighted by molar-refractivity contribution is 7.86. The van der Waals surface area contributed by atoms with Crippen LogP contribution in [0.2, 0.25) is 0 Å². The Labute approximate surface area is 181 Å². The second-order valence-corrected chi connectivity index (χ2v) is 10.4. The van der Waals surface area contributed by atoms with Gasteiger partial charge in [-0.1, -0.05) is 19.3 Å². The number of hydrogen-bond acceptors (Lipinski definition) is 8. The maximum Gasteiger partial charge on any atom is 0.403 e. The Bertz CT molecular complexity index is 902. The van der Waals surface area contributed by atoms with Gasteiger partial charge in [0, 0.05) is 11.8 Å². The molecule has 1 aliphatic heterocycles. The number of fused-ring (bicyclic) bond motifs is 1. The summed E-state index contributed by atoms with van der Waals surface area (Å²) in [5.74, 6) is -5.82. The van der Waals surface area contributed by atoms with Crippen molar-refractivity contribution in [2.24, 2.45) is 29.6 Å². The van der Waals surface area contributed by atoms with E-state index >= 15 is 0 Å². The second kappa shape index (κ2) is 8.15. The Hall–Kier alpha value is -1.89. The van der Waals surface area contributed by atoms with Gasteiger partial charge in [-0.2, -0.15) is 17.2 Å². The molecule has 1 heterocycles. The van der Waals surface area contributed by atoms with Crippen LogP contribution < -0.4 is 0 Å². The van der Waals surface area contributed by atoms with Crippen LogP contribution in [0.3, 0.4) is 0 Å². The van der Waals surface area contributed by atoms with E-state index in [4.69, 9.17) is 14.0 Å². The molecule has 9 nitrogen and oxygen atoms in total. The summed E-state index contributed by atoms with van der Waals surface area (Å²) >= 11 is 0. The molecule has 4 aliphatic rings. The molecule has 32 heavy (non-hydrogen) atoms. The van der Waals surface area contributed by atoms with Crippen molar-refractivity contribution >= 4 is 28.0 Å². The highest BCUT2D eigenvalue weighted by Crippen LogP contribution is 2.59. The molecule has 0 spiro atoms. The third-order valence-corrected chi connectivity index (χ3v) is 8.03. The third-order valence-electron chi connectivity index (χ3n) is 7.09. The van der Waals surface area contributed by atoms with E-state index < -0.39 is 81.9 Å². The lowest BCUT2D eigenvalue weighted by Gasteiger charge is -2.32. The highest BCUT2D eigenvalue weighted by atomic mass is 32.2. The van der Waals surface area contributed by atoms with Crippen molar-refractivity contribution in [3.05, 3.63) is 0 Å². The molecule has 7 unspecified atom stereocenters. The predicted molar refractivity (Wildman–Crippen MR) is 97.3 cm³/mol. The summed E-state index contributed by atoms with van der Waals surface area (Å²) < 4.78 is 85.7. The average Bonchev–Trinajstić information content (AvgIpc) is 3.35. The van der Waals surface area contributed by atoms with E-state index in [1.54, 1.807) is 0 Å². The summed E-state index contributed by atoms with van der Waals surface area (Å²) in [6, 6.07) is 0. The topological polar surface area (TPSA) is 133 Å². The number of carbonyl (C=O) groups excluding carboxylic acids is 3. The lowest BCUT2D eigenvalue weighted by Crippen LogP contribution is -2.46. The van der Waals surface area contributed by atoms with Crippen molar-refractivity contribution in [2.45, 2.75) is 62.2 Å². The molecule has 13 heteroatoms. The average molecular weight is 484 g/mol. The Morgan fingerprint density at radius 3 is 2.44 bits per heavy atom. The predicted octanol–water partition coefficient (Wildman–Crippen LogP) is 1.65. The monoisotopic (exact) mass is 484 g/mol. The van der Waals surface area contributed by atoms with Gasteiger partial charge in [0.1, 0.15) is 18.8 Å². The Morgan fingerprint density at radius 2 is 1.81 bits per heavy atom. The molecule has 0 aromatic rings. The summed E-state index contributed by atoms with van der Waals surface area (Å²) in [6.45, 7) is -1.64. The lowest BCUT2D eigenvalue weighted by atomic mass is 9.78. The minimum Gasteiger partial charge on any atom is -0.462 e. The maximum absolute atomic E-state index is 13.7. The molecule has 180 valence electrons. The smallest absolute Gasteiger partial charge is 0.403 e. The van der Waals surface area contributed by atoms with Gasteiger partial charge in [-0.25, -0.2) is 4.39 Å².